The van der Waals surface area contributed by atoms with Crippen LogP contribution in [0.25, 0.3) is 11.3 Å². The molecule has 2 fully saturated rings. The van der Waals surface area contributed by atoms with Crippen molar-refractivity contribution in [3.63, 3.8) is 0 Å². The number of β-amino-alcohol motifs (C(OH)–C–C–N with tert-alkyl or cyclic N) is 1. The van der Waals surface area contributed by atoms with Gasteiger partial charge in [0.1, 0.15) is 0 Å². The summed E-state index contributed by atoms with van der Waals surface area (Å²) in [5, 5.41) is 15.5. The molecule has 0 radical (unpaired) electrons. The summed E-state index contributed by atoms with van der Waals surface area (Å²) in [6.07, 6.45) is 7.39. The molecule has 8 nitrogen and oxygen atoms in total. The van der Waals surface area contributed by atoms with E-state index in [9.17, 15) is 9.90 Å². The Balaban J connectivity index is 1.21. The topological polar surface area (TPSA) is 93.6 Å². The number of nitrogens with zero attached hydrogens (tertiary/aromatic N) is 4. The number of carbonyl (C=O) groups excluding carboxylic acids is 1. The Bertz CT molecular complexity index is 1150. The number of aliphatic hydroxyl groups excluding tert-OH is 1. The molecular formula is C28H34N6O2. The summed E-state index contributed by atoms with van der Waals surface area (Å²) in [7, 11) is 0. The normalized spacial score (nSPS) is 18.2. The van der Waals surface area contributed by atoms with E-state index in [-0.39, 0.29) is 18.6 Å². The highest BCUT2D eigenvalue weighted by molar-refractivity contribution is 5.95. The molecule has 2 aromatic carbocycles. The third-order valence-corrected chi connectivity index (χ3v) is 7.00. The van der Waals surface area contributed by atoms with Crippen LogP contribution in [0.4, 0.5) is 23.0 Å². The van der Waals surface area contributed by atoms with Crippen molar-refractivity contribution < 1.29 is 9.90 Å². The highest BCUT2D eigenvalue weighted by atomic mass is 16.3. The Morgan fingerprint density at radius 2 is 1.67 bits per heavy atom. The Hall–Kier alpha value is -3.49. The zero-order chi connectivity index (χ0) is 24.7. The molecule has 1 amide bonds. The van der Waals surface area contributed by atoms with Gasteiger partial charge < -0.3 is 20.6 Å². The molecule has 0 aliphatic carbocycles. The zero-order valence-corrected chi connectivity index (χ0v) is 20.6. The van der Waals surface area contributed by atoms with Crippen molar-refractivity contribution in [2.24, 2.45) is 0 Å². The number of hydrogen-bond acceptors (Lipinski definition) is 7. The maximum atomic E-state index is 12.7. The summed E-state index contributed by atoms with van der Waals surface area (Å²) in [5.41, 5.74) is 4.71. The average Bonchev–Trinajstić information content (AvgIpc) is 3.39. The fourth-order valence-electron chi connectivity index (χ4n) is 5.09. The Morgan fingerprint density at radius 3 is 2.42 bits per heavy atom. The summed E-state index contributed by atoms with van der Waals surface area (Å²) in [5.74, 6) is 0.523. The standard InChI is InChI=1S/C28H34N6O2/c35-20-19-34-18-4-5-26(34)27(36)30-22-8-6-21(7-9-22)25-14-15-29-28(32-25)31-23-10-12-24(13-11-23)33-16-2-1-3-17-33/h6-15,26,35H,1-5,16-20H2,(H,30,36)(H,29,31,32)/t26-/m0/s1. The highest BCUT2D eigenvalue weighted by Gasteiger charge is 2.30. The van der Waals surface area contributed by atoms with Crippen LogP contribution in [0.1, 0.15) is 32.1 Å². The van der Waals surface area contributed by atoms with E-state index in [0.717, 1.165) is 55.1 Å². The summed E-state index contributed by atoms with van der Waals surface area (Å²) in [6.45, 7) is 3.71. The first-order valence-electron chi connectivity index (χ1n) is 12.9. The fraction of sp³-hybridized carbons (Fsp3) is 0.393. The predicted octanol–water partition coefficient (Wildman–Crippen LogP) is 4.27. The number of amides is 1. The van der Waals surface area contributed by atoms with Crippen molar-refractivity contribution in [1.29, 1.82) is 0 Å². The number of aromatic nitrogens is 2. The highest BCUT2D eigenvalue weighted by Crippen LogP contribution is 2.25. The largest absolute Gasteiger partial charge is 0.395 e. The Morgan fingerprint density at radius 1 is 0.917 bits per heavy atom. The minimum atomic E-state index is -0.179. The van der Waals surface area contributed by atoms with E-state index in [0.29, 0.717) is 12.5 Å². The summed E-state index contributed by atoms with van der Waals surface area (Å²) >= 11 is 0. The number of benzene rings is 2. The van der Waals surface area contributed by atoms with Crippen molar-refractivity contribution in [3.05, 3.63) is 60.8 Å². The molecule has 3 heterocycles. The van der Waals surface area contributed by atoms with Crippen molar-refractivity contribution in [2.45, 2.75) is 38.1 Å². The SMILES string of the molecule is O=C(Nc1ccc(-c2ccnc(Nc3ccc(N4CCCCC4)cc3)n2)cc1)[C@@H]1CCCN1CCO. The molecule has 3 N–H and O–H groups in total. The van der Waals surface area contributed by atoms with E-state index >= 15 is 0 Å². The second kappa shape index (κ2) is 11.5. The maximum absolute atomic E-state index is 12.7. The first-order valence-corrected chi connectivity index (χ1v) is 12.9. The van der Waals surface area contributed by atoms with Gasteiger partial charge in [-0.3, -0.25) is 9.69 Å². The summed E-state index contributed by atoms with van der Waals surface area (Å²) < 4.78 is 0. The van der Waals surface area contributed by atoms with Gasteiger partial charge in [-0.15, -0.1) is 0 Å². The lowest BCUT2D eigenvalue weighted by molar-refractivity contribution is -0.120. The summed E-state index contributed by atoms with van der Waals surface area (Å²) in [4.78, 5) is 26.3. The van der Waals surface area contributed by atoms with Crippen LogP contribution in [0.15, 0.2) is 60.8 Å². The van der Waals surface area contributed by atoms with E-state index in [1.165, 1.54) is 24.9 Å². The van der Waals surface area contributed by atoms with Crippen molar-refractivity contribution >= 4 is 28.9 Å². The van der Waals surface area contributed by atoms with Crippen LogP contribution >= 0.6 is 0 Å². The molecule has 188 valence electrons. The van der Waals surface area contributed by atoms with E-state index in [4.69, 9.17) is 0 Å². The Labute approximate surface area is 212 Å². The van der Waals surface area contributed by atoms with Crippen LogP contribution in [-0.2, 0) is 4.79 Å². The molecule has 2 aliphatic heterocycles. The van der Waals surface area contributed by atoms with E-state index in [2.05, 4.69) is 49.8 Å². The smallest absolute Gasteiger partial charge is 0.241 e. The number of anilines is 4. The van der Waals surface area contributed by atoms with Gasteiger partial charge in [0, 0.05) is 48.5 Å². The van der Waals surface area contributed by atoms with Crippen molar-refractivity contribution in [3.8, 4) is 11.3 Å². The molecule has 0 bridgehead atoms. The average molecular weight is 487 g/mol. The van der Waals surface area contributed by atoms with Gasteiger partial charge in [-0.25, -0.2) is 9.97 Å². The van der Waals surface area contributed by atoms with Crippen LogP contribution in [0.5, 0.6) is 0 Å². The molecule has 36 heavy (non-hydrogen) atoms. The number of carbonyl (C=O) groups is 1. The van der Waals surface area contributed by atoms with E-state index in [1.54, 1.807) is 6.20 Å². The number of nitrogens with one attached hydrogen (secondary N) is 2. The first kappa shape index (κ1) is 24.2. The minimum absolute atomic E-state index is 0.0199. The van der Waals surface area contributed by atoms with Crippen LogP contribution in [0, 0.1) is 0 Å². The number of rotatable bonds is 8. The third-order valence-electron chi connectivity index (χ3n) is 7.00. The van der Waals surface area contributed by atoms with Gasteiger partial charge in [0.15, 0.2) is 0 Å². The lowest BCUT2D eigenvalue weighted by Gasteiger charge is -2.28. The van der Waals surface area contributed by atoms with Crippen molar-refractivity contribution in [2.75, 3.05) is 48.3 Å². The lowest BCUT2D eigenvalue weighted by atomic mass is 10.1. The number of aliphatic hydroxyl groups is 1. The zero-order valence-electron chi connectivity index (χ0n) is 20.6. The van der Waals surface area contributed by atoms with Gasteiger partial charge >= 0.3 is 0 Å². The maximum Gasteiger partial charge on any atom is 0.241 e. The van der Waals surface area contributed by atoms with E-state index in [1.807, 2.05) is 35.2 Å². The molecule has 0 unspecified atom stereocenters. The molecule has 1 atom stereocenters. The molecule has 2 saturated heterocycles. The molecule has 1 aromatic heterocycles. The van der Waals surface area contributed by atoms with Gasteiger partial charge in [0.2, 0.25) is 11.9 Å². The first-order chi connectivity index (χ1) is 17.7. The van der Waals surface area contributed by atoms with Gasteiger partial charge in [0.05, 0.1) is 18.3 Å². The van der Waals surface area contributed by atoms with Crippen LogP contribution in [0.3, 0.4) is 0 Å². The van der Waals surface area contributed by atoms with Crippen LogP contribution < -0.4 is 15.5 Å². The van der Waals surface area contributed by atoms with Gasteiger partial charge in [0.25, 0.3) is 0 Å². The number of hydrogen-bond donors (Lipinski definition) is 3. The summed E-state index contributed by atoms with van der Waals surface area (Å²) in [6, 6.07) is 17.8. The second-order valence-corrected chi connectivity index (χ2v) is 9.47. The fourth-order valence-corrected chi connectivity index (χ4v) is 5.09. The monoisotopic (exact) mass is 486 g/mol. The quantitative estimate of drug-likeness (QED) is 0.438. The molecular weight excluding hydrogens is 452 g/mol. The Kier molecular flexibility index (Phi) is 7.73. The van der Waals surface area contributed by atoms with Gasteiger partial charge in [-0.05, 0) is 81.1 Å². The number of piperidine rings is 1. The molecule has 3 aromatic rings. The predicted molar refractivity (Wildman–Crippen MR) is 144 cm³/mol. The molecule has 0 saturated carbocycles. The molecule has 0 spiro atoms. The number of likely N-dealkylation sites (tertiary alicyclic amines) is 1. The third kappa shape index (κ3) is 5.83. The van der Waals surface area contributed by atoms with Gasteiger partial charge in [-0.1, -0.05) is 12.1 Å². The lowest BCUT2D eigenvalue weighted by Crippen LogP contribution is -2.40. The van der Waals surface area contributed by atoms with Gasteiger partial charge in [-0.2, -0.15) is 0 Å². The minimum Gasteiger partial charge on any atom is -0.395 e. The van der Waals surface area contributed by atoms with Crippen molar-refractivity contribution in [1.82, 2.24) is 14.9 Å². The molecule has 5 rings (SSSR count). The molecule has 2 aliphatic rings. The van der Waals surface area contributed by atoms with Crippen LogP contribution in [0.2, 0.25) is 0 Å². The van der Waals surface area contributed by atoms with Crippen LogP contribution in [-0.4, -0.2) is 64.7 Å². The molecule has 8 heteroatoms. The van der Waals surface area contributed by atoms with E-state index < -0.39 is 0 Å². The second-order valence-electron chi connectivity index (χ2n) is 9.47.